The van der Waals surface area contributed by atoms with Crippen LogP contribution in [0.15, 0.2) is 24.3 Å². The molecule has 0 bridgehead atoms. The van der Waals surface area contributed by atoms with Gasteiger partial charge in [0.15, 0.2) is 0 Å². The zero-order valence-electron chi connectivity index (χ0n) is 38.7. The predicted molar refractivity (Wildman–Crippen MR) is 248 cm³/mol. The second kappa shape index (κ2) is 42.4. The van der Waals surface area contributed by atoms with Crippen molar-refractivity contribution >= 4 is 11.8 Å². The van der Waals surface area contributed by atoms with E-state index in [9.17, 15) is 14.7 Å². The zero-order chi connectivity index (χ0) is 41.9. The summed E-state index contributed by atoms with van der Waals surface area (Å²) in [6.45, 7) is 13.7. The molecule has 0 radical (unpaired) electrons. The van der Waals surface area contributed by atoms with Crippen molar-refractivity contribution in [3.63, 3.8) is 0 Å². The molecule has 0 aliphatic carbocycles. The van der Waals surface area contributed by atoms with Crippen LogP contribution in [0.25, 0.3) is 0 Å². The fraction of sp³-hybridized carbons (Fsp3) is 0.878. The van der Waals surface area contributed by atoms with Gasteiger partial charge in [-0.25, -0.2) is 0 Å². The summed E-state index contributed by atoms with van der Waals surface area (Å²) in [4.78, 5) is 27.1. The molecule has 0 spiro atoms. The summed E-state index contributed by atoms with van der Waals surface area (Å²) in [6, 6.07) is 0. The normalized spacial score (nSPS) is 12.7. The second-order valence-electron chi connectivity index (χ2n) is 17.6. The lowest BCUT2D eigenvalue weighted by Gasteiger charge is -2.34. The van der Waals surface area contributed by atoms with E-state index in [1.54, 1.807) is 0 Å². The number of likely N-dealkylation sites (N-methyl/N-ethyl adjacent to an activating group) is 1. The van der Waals surface area contributed by atoms with Crippen molar-refractivity contribution in [1.82, 2.24) is 20.9 Å². The molecule has 0 aliphatic rings. The Kier molecular flexibility index (Phi) is 41.1. The van der Waals surface area contributed by atoms with Gasteiger partial charge in [0.2, 0.25) is 11.8 Å². The van der Waals surface area contributed by atoms with Gasteiger partial charge in [-0.05, 0) is 91.1 Å². The standard InChI is InChI=1S/C49H97N5O3/c1-6-9-12-15-18-21-24-27-30-33-44-54(4,5)46-47(55)45-53(42-35-40-52-49(57)37-32-29-26-23-20-17-14-11-8-3)43-41-50-38-34-39-51-48(56)36-31-28-25-22-19-16-13-10-7-2/h7-8,10-11,47,50,55H,6,9,12-46H2,1-5H3,(H-,51,52,56,57)/p+1/b10-7+,11-8+. The van der Waals surface area contributed by atoms with Crippen LogP contribution in [0, 0.1) is 0 Å². The van der Waals surface area contributed by atoms with Gasteiger partial charge in [0, 0.05) is 45.6 Å². The van der Waals surface area contributed by atoms with Crippen LogP contribution in [0.1, 0.15) is 201 Å². The van der Waals surface area contributed by atoms with E-state index in [4.69, 9.17) is 0 Å². The first-order valence-electron chi connectivity index (χ1n) is 24.4. The summed E-state index contributed by atoms with van der Waals surface area (Å²) in [7, 11) is 4.52. The summed E-state index contributed by atoms with van der Waals surface area (Å²) in [5.41, 5.74) is 0. The van der Waals surface area contributed by atoms with Gasteiger partial charge in [-0.1, -0.05) is 134 Å². The zero-order valence-corrected chi connectivity index (χ0v) is 38.7. The molecule has 0 saturated carbocycles. The molecular formula is C49H98N5O3+. The minimum absolute atomic E-state index is 0.167. The monoisotopic (exact) mass is 805 g/mol. The van der Waals surface area contributed by atoms with Crippen LogP contribution in [0.3, 0.4) is 0 Å². The van der Waals surface area contributed by atoms with Crippen LogP contribution in [-0.2, 0) is 9.59 Å². The molecule has 1 atom stereocenters. The molecule has 1 unspecified atom stereocenters. The topological polar surface area (TPSA) is 93.7 Å². The van der Waals surface area contributed by atoms with Crippen LogP contribution >= 0.6 is 0 Å². The van der Waals surface area contributed by atoms with E-state index >= 15 is 0 Å². The molecule has 0 aromatic heterocycles. The molecule has 0 saturated heterocycles. The highest BCUT2D eigenvalue weighted by Gasteiger charge is 2.22. The number of carbonyl (C=O) groups is 2. The third kappa shape index (κ3) is 42.2. The molecule has 0 heterocycles. The summed E-state index contributed by atoms with van der Waals surface area (Å²) < 4.78 is 0.847. The molecule has 8 heteroatoms. The van der Waals surface area contributed by atoms with Crippen LogP contribution in [0.2, 0.25) is 0 Å². The molecule has 8 nitrogen and oxygen atoms in total. The third-order valence-electron chi connectivity index (χ3n) is 11.2. The molecule has 0 rings (SSSR count). The Morgan fingerprint density at radius 1 is 0.561 bits per heavy atom. The van der Waals surface area contributed by atoms with Gasteiger partial charge in [-0.2, -0.15) is 0 Å². The van der Waals surface area contributed by atoms with E-state index in [1.807, 2.05) is 0 Å². The molecular weight excluding hydrogens is 707 g/mol. The van der Waals surface area contributed by atoms with Gasteiger partial charge in [0.1, 0.15) is 12.6 Å². The summed E-state index contributed by atoms with van der Waals surface area (Å²) in [5, 5.41) is 21.1. The largest absolute Gasteiger partial charge is 0.386 e. The van der Waals surface area contributed by atoms with E-state index in [1.165, 1.54) is 128 Å². The average Bonchev–Trinajstić information content (AvgIpc) is 3.18. The molecule has 2 amide bonds. The van der Waals surface area contributed by atoms with Gasteiger partial charge < -0.3 is 25.5 Å². The third-order valence-corrected chi connectivity index (χ3v) is 11.2. The number of hydrogen-bond acceptors (Lipinski definition) is 5. The number of nitrogens with zero attached hydrogens (tertiary/aromatic N) is 2. The predicted octanol–water partition coefficient (Wildman–Crippen LogP) is 10.6. The quantitative estimate of drug-likeness (QED) is 0.0280. The number of quaternary nitrogens is 1. The minimum Gasteiger partial charge on any atom is -0.386 e. The van der Waals surface area contributed by atoms with Crippen molar-refractivity contribution in [3.8, 4) is 0 Å². The van der Waals surface area contributed by atoms with Crippen LogP contribution in [-0.4, -0.2) is 105 Å². The molecule has 336 valence electrons. The Morgan fingerprint density at radius 3 is 1.53 bits per heavy atom. The smallest absolute Gasteiger partial charge is 0.219 e. The number of amides is 2. The van der Waals surface area contributed by atoms with Gasteiger partial charge in [-0.3, -0.25) is 14.5 Å². The highest BCUT2D eigenvalue weighted by Crippen LogP contribution is 2.13. The highest BCUT2D eigenvalue weighted by molar-refractivity contribution is 5.76. The number of hydrogen-bond donors (Lipinski definition) is 4. The maximum absolute atomic E-state index is 12.5. The van der Waals surface area contributed by atoms with Gasteiger partial charge in [-0.15, -0.1) is 0 Å². The summed E-state index contributed by atoms with van der Waals surface area (Å²) in [5.74, 6) is 0.344. The first kappa shape index (κ1) is 55.3. The van der Waals surface area contributed by atoms with Crippen molar-refractivity contribution < 1.29 is 19.2 Å². The first-order chi connectivity index (χ1) is 27.7. The van der Waals surface area contributed by atoms with Crippen LogP contribution < -0.4 is 16.0 Å². The number of unbranched alkanes of at least 4 members (excludes halogenated alkanes) is 21. The number of aliphatic hydroxyl groups excluding tert-OH is 1. The van der Waals surface area contributed by atoms with E-state index in [0.29, 0.717) is 32.5 Å². The van der Waals surface area contributed by atoms with Gasteiger partial charge in [0.05, 0.1) is 20.6 Å². The van der Waals surface area contributed by atoms with E-state index in [-0.39, 0.29) is 17.9 Å². The second-order valence-corrected chi connectivity index (χ2v) is 17.6. The number of aliphatic hydroxyl groups is 1. The van der Waals surface area contributed by atoms with E-state index < -0.39 is 0 Å². The fourth-order valence-electron chi connectivity index (χ4n) is 7.69. The number of rotatable bonds is 44. The van der Waals surface area contributed by atoms with Crippen molar-refractivity contribution in [3.05, 3.63) is 24.3 Å². The Balaban J connectivity index is 4.48. The van der Waals surface area contributed by atoms with Crippen molar-refractivity contribution in [2.24, 2.45) is 0 Å². The molecule has 0 aromatic carbocycles. The number of allylic oxidation sites excluding steroid dienone is 4. The molecule has 0 fully saturated rings. The summed E-state index contributed by atoms with van der Waals surface area (Å²) >= 11 is 0. The Labute approximate surface area is 354 Å². The molecule has 4 N–H and O–H groups in total. The molecule has 0 aliphatic heterocycles. The number of nitrogens with one attached hydrogen (secondary N) is 3. The van der Waals surface area contributed by atoms with Crippen LogP contribution in [0.5, 0.6) is 0 Å². The minimum atomic E-state index is -0.390. The lowest BCUT2D eigenvalue weighted by molar-refractivity contribution is -0.893. The SMILES string of the molecule is C/C=C/CCCCCCCCC(=O)NCCCNCCN(CCCNC(=O)CCCCCCCC/C=C/C)CC(O)C[N+](C)(C)CCCCCCCCCCCC. The average molecular weight is 805 g/mol. The first-order valence-corrected chi connectivity index (χ1v) is 24.4. The van der Waals surface area contributed by atoms with Gasteiger partial charge >= 0.3 is 0 Å². The maximum Gasteiger partial charge on any atom is 0.219 e. The summed E-state index contributed by atoms with van der Waals surface area (Å²) in [6.07, 6.45) is 41.5. The van der Waals surface area contributed by atoms with Crippen molar-refractivity contribution in [2.45, 2.75) is 207 Å². The Morgan fingerprint density at radius 2 is 1.02 bits per heavy atom. The van der Waals surface area contributed by atoms with Crippen molar-refractivity contribution in [2.75, 3.05) is 73.0 Å². The molecule has 0 aromatic rings. The molecule has 57 heavy (non-hydrogen) atoms. The fourth-order valence-corrected chi connectivity index (χ4v) is 7.69. The maximum atomic E-state index is 12.5. The van der Waals surface area contributed by atoms with E-state index in [0.717, 1.165) is 82.3 Å². The Hall–Kier alpha value is -1.74. The lowest BCUT2D eigenvalue weighted by atomic mass is 10.1. The van der Waals surface area contributed by atoms with Crippen molar-refractivity contribution in [1.29, 1.82) is 0 Å². The van der Waals surface area contributed by atoms with Crippen LogP contribution in [0.4, 0.5) is 0 Å². The van der Waals surface area contributed by atoms with E-state index in [2.05, 4.69) is 80.0 Å². The Bertz CT molecular complexity index is 940. The lowest BCUT2D eigenvalue weighted by Crippen LogP contribution is -2.50. The number of carbonyl (C=O) groups excluding carboxylic acids is 2. The highest BCUT2D eigenvalue weighted by atomic mass is 16.3. The van der Waals surface area contributed by atoms with Gasteiger partial charge in [0.25, 0.3) is 0 Å².